The standard InChI is InChI=1S/C19H24N2O4S/c1-5-25-16-8-6-14(7-9-16)19-20-15(12-26-19)10-17(22)21(13(2)3)11-18(23)24-4/h6-9,12-13H,5,10-11H2,1-4H3. The molecule has 0 spiro atoms. The molecule has 0 fully saturated rings. The molecule has 0 saturated carbocycles. The molecule has 140 valence electrons. The van der Waals surface area contributed by atoms with Gasteiger partial charge in [-0.25, -0.2) is 4.98 Å². The van der Waals surface area contributed by atoms with E-state index in [1.54, 1.807) is 0 Å². The monoisotopic (exact) mass is 376 g/mol. The maximum Gasteiger partial charge on any atom is 0.325 e. The first kappa shape index (κ1) is 19.9. The van der Waals surface area contributed by atoms with Gasteiger partial charge in [0.1, 0.15) is 17.3 Å². The molecule has 1 aromatic carbocycles. The van der Waals surface area contributed by atoms with Crippen LogP contribution >= 0.6 is 11.3 Å². The minimum Gasteiger partial charge on any atom is -0.494 e. The van der Waals surface area contributed by atoms with Gasteiger partial charge >= 0.3 is 5.97 Å². The van der Waals surface area contributed by atoms with Crippen molar-refractivity contribution >= 4 is 23.2 Å². The number of methoxy groups -OCH3 is 1. The van der Waals surface area contributed by atoms with Crippen molar-refractivity contribution in [3.63, 3.8) is 0 Å². The molecule has 1 heterocycles. The summed E-state index contributed by atoms with van der Waals surface area (Å²) in [6.07, 6.45) is 0.155. The number of thiazole rings is 1. The number of nitrogens with zero attached hydrogens (tertiary/aromatic N) is 2. The molecule has 6 nitrogen and oxygen atoms in total. The Hall–Kier alpha value is -2.41. The smallest absolute Gasteiger partial charge is 0.325 e. The maximum atomic E-state index is 12.5. The Kier molecular flexibility index (Phi) is 7.15. The molecule has 2 rings (SSSR count). The number of esters is 1. The molecule has 0 aliphatic rings. The van der Waals surface area contributed by atoms with Crippen molar-refractivity contribution in [2.75, 3.05) is 20.3 Å². The molecule has 7 heteroatoms. The van der Waals surface area contributed by atoms with Crippen LogP contribution in [-0.4, -0.2) is 48.1 Å². The van der Waals surface area contributed by atoms with Crippen LogP contribution in [0.15, 0.2) is 29.6 Å². The average molecular weight is 376 g/mol. The number of ether oxygens (including phenoxy) is 2. The third kappa shape index (κ3) is 5.29. The Morgan fingerprint density at radius 1 is 1.23 bits per heavy atom. The molecule has 2 aromatic rings. The Morgan fingerprint density at radius 2 is 1.92 bits per heavy atom. The molecule has 0 N–H and O–H groups in total. The normalized spacial score (nSPS) is 10.7. The van der Waals surface area contributed by atoms with E-state index < -0.39 is 5.97 Å². The van der Waals surface area contributed by atoms with Gasteiger partial charge in [0.25, 0.3) is 0 Å². The highest BCUT2D eigenvalue weighted by molar-refractivity contribution is 7.13. The molecule has 0 bridgehead atoms. The predicted octanol–water partition coefficient (Wildman–Crippen LogP) is 3.16. The van der Waals surface area contributed by atoms with E-state index in [0.29, 0.717) is 12.3 Å². The summed E-state index contributed by atoms with van der Waals surface area (Å²) in [4.78, 5) is 30.1. The minimum absolute atomic E-state index is 0.0527. The summed E-state index contributed by atoms with van der Waals surface area (Å²) in [7, 11) is 1.31. The van der Waals surface area contributed by atoms with E-state index in [0.717, 1.165) is 16.3 Å². The molecule has 0 saturated heterocycles. The van der Waals surface area contributed by atoms with Crippen molar-refractivity contribution in [2.24, 2.45) is 0 Å². The second-order valence-electron chi connectivity index (χ2n) is 5.97. The van der Waals surface area contributed by atoms with Gasteiger partial charge in [0.2, 0.25) is 5.91 Å². The van der Waals surface area contributed by atoms with Crippen LogP contribution in [0.5, 0.6) is 5.75 Å². The first-order valence-electron chi connectivity index (χ1n) is 8.48. The van der Waals surface area contributed by atoms with E-state index in [9.17, 15) is 9.59 Å². The molecular weight excluding hydrogens is 352 g/mol. The number of hydrogen-bond acceptors (Lipinski definition) is 6. The topological polar surface area (TPSA) is 68.7 Å². The Morgan fingerprint density at radius 3 is 2.50 bits per heavy atom. The number of carbonyl (C=O) groups is 2. The zero-order valence-electron chi connectivity index (χ0n) is 15.5. The minimum atomic E-state index is -0.430. The lowest BCUT2D eigenvalue weighted by Crippen LogP contribution is -2.41. The first-order chi connectivity index (χ1) is 12.4. The van der Waals surface area contributed by atoms with E-state index in [4.69, 9.17) is 4.74 Å². The SMILES string of the molecule is CCOc1ccc(-c2nc(CC(=O)N(CC(=O)OC)C(C)C)cs2)cc1. The fraction of sp³-hybridized carbons (Fsp3) is 0.421. The summed E-state index contributed by atoms with van der Waals surface area (Å²) < 4.78 is 10.1. The molecule has 0 unspecified atom stereocenters. The summed E-state index contributed by atoms with van der Waals surface area (Å²) in [6.45, 7) is 6.25. The van der Waals surface area contributed by atoms with Gasteiger partial charge < -0.3 is 14.4 Å². The van der Waals surface area contributed by atoms with Gasteiger partial charge in [-0.2, -0.15) is 0 Å². The fourth-order valence-corrected chi connectivity index (χ4v) is 3.23. The summed E-state index contributed by atoms with van der Waals surface area (Å²) in [5.74, 6) is 0.243. The second-order valence-corrected chi connectivity index (χ2v) is 6.83. The van der Waals surface area contributed by atoms with E-state index in [-0.39, 0.29) is 24.9 Å². The molecule has 1 amide bonds. The molecule has 0 aliphatic carbocycles. The van der Waals surface area contributed by atoms with E-state index in [2.05, 4.69) is 9.72 Å². The van der Waals surface area contributed by atoms with Gasteiger partial charge in [0, 0.05) is 17.0 Å². The van der Waals surface area contributed by atoms with Crippen molar-refractivity contribution < 1.29 is 19.1 Å². The van der Waals surface area contributed by atoms with Crippen LogP contribution in [0, 0.1) is 0 Å². The van der Waals surface area contributed by atoms with Crippen LogP contribution in [-0.2, 0) is 20.7 Å². The Bertz CT molecular complexity index is 740. The van der Waals surface area contributed by atoms with Gasteiger partial charge in [-0.1, -0.05) is 0 Å². The van der Waals surface area contributed by atoms with Gasteiger partial charge in [-0.3, -0.25) is 9.59 Å². The van der Waals surface area contributed by atoms with Crippen LogP contribution in [0.1, 0.15) is 26.5 Å². The highest BCUT2D eigenvalue weighted by atomic mass is 32.1. The predicted molar refractivity (Wildman–Crippen MR) is 101 cm³/mol. The van der Waals surface area contributed by atoms with Crippen molar-refractivity contribution in [3.05, 3.63) is 35.3 Å². The van der Waals surface area contributed by atoms with E-state index >= 15 is 0 Å². The molecular formula is C19H24N2O4S. The van der Waals surface area contributed by atoms with Crippen molar-refractivity contribution in [3.8, 4) is 16.3 Å². The Labute approximate surface area is 157 Å². The molecule has 1 aromatic heterocycles. The van der Waals surface area contributed by atoms with Crippen LogP contribution < -0.4 is 4.74 Å². The molecule has 26 heavy (non-hydrogen) atoms. The fourth-order valence-electron chi connectivity index (χ4n) is 2.40. The van der Waals surface area contributed by atoms with Crippen molar-refractivity contribution in [1.29, 1.82) is 0 Å². The largest absolute Gasteiger partial charge is 0.494 e. The second kappa shape index (κ2) is 9.33. The summed E-state index contributed by atoms with van der Waals surface area (Å²) in [5.41, 5.74) is 1.67. The maximum absolute atomic E-state index is 12.5. The lowest BCUT2D eigenvalue weighted by atomic mass is 10.2. The summed E-state index contributed by atoms with van der Waals surface area (Å²) in [5, 5.41) is 2.72. The average Bonchev–Trinajstić information content (AvgIpc) is 3.08. The lowest BCUT2D eigenvalue weighted by Gasteiger charge is -2.25. The highest BCUT2D eigenvalue weighted by Gasteiger charge is 2.21. The summed E-state index contributed by atoms with van der Waals surface area (Å²) >= 11 is 1.49. The zero-order valence-corrected chi connectivity index (χ0v) is 16.3. The number of rotatable bonds is 8. The third-order valence-electron chi connectivity index (χ3n) is 3.77. The van der Waals surface area contributed by atoms with Gasteiger partial charge in [-0.15, -0.1) is 11.3 Å². The molecule has 0 radical (unpaired) electrons. The first-order valence-corrected chi connectivity index (χ1v) is 9.36. The van der Waals surface area contributed by atoms with Gasteiger partial charge in [-0.05, 0) is 45.0 Å². The van der Waals surface area contributed by atoms with Crippen LogP contribution in [0.3, 0.4) is 0 Å². The molecule has 0 aliphatic heterocycles. The Balaban J connectivity index is 2.06. The number of hydrogen-bond donors (Lipinski definition) is 0. The number of aromatic nitrogens is 1. The van der Waals surface area contributed by atoms with Gasteiger partial charge in [0.05, 0.1) is 25.8 Å². The lowest BCUT2D eigenvalue weighted by molar-refractivity contribution is -0.148. The summed E-state index contributed by atoms with van der Waals surface area (Å²) in [6, 6.07) is 7.62. The van der Waals surface area contributed by atoms with E-state index in [1.165, 1.54) is 23.3 Å². The zero-order chi connectivity index (χ0) is 19.1. The quantitative estimate of drug-likeness (QED) is 0.662. The molecule has 0 atom stereocenters. The van der Waals surface area contributed by atoms with Crippen LogP contribution in [0.4, 0.5) is 0 Å². The number of amides is 1. The highest BCUT2D eigenvalue weighted by Crippen LogP contribution is 2.26. The van der Waals surface area contributed by atoms with Crippen molar-refractivity contribution in [1.82, 2.24) is 9.88 Å². The van der Waals surface area contributed by atoms with Crippen LogP contribution in [0.25, 0.3) is 10.6 Å². The third-order valence-corrected chi connectivity index (χ3v) is 4.71. The van der Waals surface area contributed by atoms with Crippen LogP contribution in [0.2, 0.25) is 0 Å². The number of benzene rings is 1. The van der Waals surface area contributed by atoms with Gasteiger partial charge in [0.15, 0.2) is 0 Å². The number of carbonyl (C=O) groups excluding carboxylic acids is 2. The van der Waals surface area contributed by atoms with E-state index in [1.807, 2.05) is 50.4 Å². The van der Waals surface area contributed by atoms with Crippen molar-refractivity contribution in [2.45, 2.75) is 33.2 Å².